The standard InChI is InChI=1S/C18H26O4S/c1-11(2)14-7-5-12(3)9-15(14)22-17(19)10-21-18(20)16-8-6-13(4)23-16/h6,8,11-12,14-15H,5,7,9-10H2,1-4H3. The van der Waals surface area contributed by atoms with Crippen LogP contribution in [0, 0.1) is 24.7 Å². The largest absolute Gasteiger partial charge is 0.460 e. The number of hydrogen-bond donors (Lipinski definition) is 0. The van der Waals surface area contributed by atoms with Crippen LogP contribution in [0.4, 0.5) is 0 Å². The first-order chi connectivity index (χ1) is 10.9. The fourth-order valence-electron chi connectivity index (χ4n) is 3.19. The molecular formula is C18H26O4S. The van der Waals surface area contributed by atoms with Gasteiger partial charge in [-0.1, -0.05) is 27.2 Å². The van der Waals surface area contributed by atoms with E-state index in [1.807, 2.05) is 13.0 Å². The summed E-state index contributed by atoms with van der Waals surface area (Å²) in [6.45, 7) is 8.13. The fourth-order valence-corrected chi connectivity index (χ4v) is 3.95. The van der Waals surface area contributed by atoms with Crippen LogP contribution in [0.5, 0.6) is 0 Å². The molecule has 1 aliphatic rings. The minimum absolute atomic E-state index is 0.0612. The summed E-state index contributed by atoms with van der Waals surface area (Å²) in [6, 6.07) is 3.57. The molecule has 1 aliphatic carbocycles. The Kier molecular flexibility index (Phi) is 6.22. The van der Waals surface area contributed by atoms with E-state index in [-0.39, 0.29) is 12.7 Å². The van der Waals surface area contributed by atoms with E-state index in [0.717, 1.165) is 17.7 Å². The van der Waals surface area contributed by atoms with Crippen LogP contribution < -0.4 is 0 Å². The summed E-state index contributed by atoms with van der Waals surface area (Å²) >= 11 is 1.36. The lowest BCUT2D eigenvalue weighted by Crippen LogP contribution is -2.36. The Morgan fingerprint density at radius 1 is 1.30 bits per heavy atom. The van der Waals surface area contributed by atoms with Crippen molar-refractivity contribution >= 4 is 23.3 Å². The molecule has 5 heteroatoms. The van der Waals surface area contributed by atoms with Crippen molar-refractivity contribution in [3.8, 4) is 0 Å². The zero-order valence-electron chi connectivity index (χ0n) is 14.3. The third-order valence-electron chi connectivity index (χ3n) is 4.51. The molecule has 3 unspecified atom stereocenters. The van der Waals surface area contributed by atoms with Crippen molar-refractivity contribution in [1.29, 1.82) is 0 Å². The van der Waals surface area contributed by atoms with Crippen LogP contribution in [-0.2, 0) is 14.3 Å². The van der Waals surface area contributed by atoms with E-state index in [1.54, 1.807) is 6.07 Å². The lowest BCUT2D eigenvalue weighted by molar-refractivity contribution is -0.159. The minimum Gasteiger partial charge on any atom is -0.460 e. The van der Waals surface area contributed by atoms with Crippen molar-refractivity contribution in [3.63, 3.8) is 0 Å². The average molecular weight is 338 g/mol. The summed E-state index contributed by atoms with van der Waals surface area (Å²) in [4.78, 5) is 25.4. The van der Waals surface area contributed by atoms with E-state index < -0.39 is 11.9 Å². The highest BCUT2D eigenvalue weighted by Crippen LogP contribution is 2.35. The highest BCUT2D eigenvalue weighted by Gasteiger charge is 2.33. The van der Waals surface area contributed by atoms with Gasteiger partial charge in [0.05, 0.1) is 0 Å². The van der Waals surface area contributed by atoms with Gasteiger partial charge < -0.3 is 9.47 Å². The Balaban J connectivity index is 1.84. The van der Waals surface area contributed by atoms with Crippen LogP contribution in [0.15, 0.2) is 12.1 Å². The number of esters is 2. The van der Waals surface area contributed by atoms with Crippen molar-refractivity contribution < 1.29 is 19.1 Å². The Bertz CT molecular complexity index is 549. The molecule has 3 atom stereocenters. The van der Waals surface area contributed by atoms with Crippen LogP contribution in [0.1, 0.15) is 54.6 Å². The molecule has 0 saturated heterocycles. The fraction of sp³-hybridized carbons (Fsp3) is 0.667. The van der Waals surface area contributed by atoms with Crippen molar-refractivity contribution in [2.75, 3.05) is 6.61 Å². The summed E-state index contributed by atoms with van der Waals surface area (Å²) in [6.07, 6.45) is 3.11. The van der Waals surface area contributed by atoms with Gasteiger partial charge in [0, 0.05) is 4.88 Å². The van der Waals surface area contributed by atoms with Gasteiger partial charge in [0.1, 0.15) is 11.0 Å². The number of carbonyl (C=O) groups excluding carboxylic acids is 2. The molecule has 1 aromatic rings. The second-order valence-corrected chi connectivity index (χ2v) is 8.13. The van der Waals surface area contributed by atoms with Gasteiger partial charge in [-0.15, -0.1) is 11.3 Å². The molecule has 0 spiro atoms. The molecule has 2 rings (SSSR count). The Morgan fingerprint density at radius 3 is 2.65 bits per heavy atom. The van der Waals surface area contributed by atoms with Gasteiger partial charge in [0.2, 0.25) is 0 Å². The summed E-state index contributed by atoms with van der Waals surface area (Å²) in [7, 11) is 0. The van der Waals surface area contributed by atoms with E-state index in [9.17, 15) is 9.59 Å². The zero-order chi connectivity index (χ0) is 17.0. The van der Waals surface area contributed by atoms with Crippen molar-refractivity contribution in [2.24, 2.45) is 17.8 Å². The van der Waals surface area contributed by atoms with Crippen LogP contribution in [0.3, 0.4) is 0 Å². The first-order valence-corrected chi connectivity index (χ1v) is 9.11. The van der Waals surface area contributed by atoms with E-state index >= 15 is 0 Å². The van der Waals surface area contributed by atoms with Crippen molar-refractivity contribution in [1.82, 2.24) is 0 Å². The molecule has 23 heavy (non-hydrogen) atoms. The van der Waals surface area contributed by atoms with E-state index in [0.29, 0.717) is 22.6 Å². The van der Waals surface area contributed by atoms with Crippen LogP contribution >= 0.6 is 11.3 Å². The predicted molar refractivity (Wildman–Crippen MR) is 90.6 cm³/mol. The second kappa shape index (κ2) is 7.95. The van der Waals surface area contributed by atoms with Gasteiger partial charge in [-0.25, -0.2) is 9.59 Å². The SMILES string of the molecule is Cc1ccc(C(=O)OCC(=O)OC2CC(C)CCC2C(C)C)s1. The Hall–Kier alpha value is -1.36. The van der Waals surface area contributed by atoms with Crippen LogP contribution in [-0.4, -0.2) is 24.6 Å². The first-order valence-electron chi connectivity index (χ1n) is 8.30. The first kappa shape index (κ1) is 18.0. The van der Waals surface area contributed by atoms with E-state index in [4.69, 9.17) is 9.47 Å². The number of ether oxygens (including phenoxy) is 2. The van der Waals surface area contributed by atoms with Gasteiger partial charge in [-0.2, -0.15) is 0 Å². The normalized spacial score (nSPS) is 24.5. The highest BCUT2D eigenvalue weighted by atomic mass is 32.1. The highest BCUT2D eigenvalue weighted by molar-refractivity contribution is 7.13. The lowest BCUT2D eigenvalue weighted by Gasteiger charge is -2.36. The third-order valence-corrected chi connectivity index (χ3v) is 5.49. The molecule has 0 radical (unpaired) electrons. The Morgan fingerprint density at radius 2 is 2.04 bits per heavy atom. The molecule has 1 fully saturated rings. The molecule has 1 heterocycles. The summed E-state index contributed by atoms with van der Waals surface area (Å²) in [5, 5.41) is 0. The lowest BCUT2D eigenvalue weighted by atomic mass is 9.75. The maximum atomic E-state index is 12.0. The smallest absolute Gasteiger partial charge is 0.348 e. The predicted octanol–water partition coefficient (Wildman–Crippen LogP) is 4.22. The topological polar surface area (TPSA) is 52.6 Å². The summed E-state index contributed by atoms with van der Waals surface area (Å²) < 4.78 is 10.7. The minimum atomic E-state index is -0.461. The van der Waals surface area contributed by atoms with Crippen LogP contribution in [0.25, 0.3) is 0 Å². The summed E-state index contributed by atoms with van der Waals surface area (Å²) in [5.41, 5.74) is 0. The molecule has 0 aliphatic heterocycles. The van der Waals surface area contributed by atoms with E-state index in [1.165, 1.54) is 17.8 Å². The quantitative estimate of drug-likeness (QED) is 0.754. The maximum Gasteiger partial charge on any atom is 0.348 e. The van der Waals surface area contributed by atoms with E-state index in [2.05, 4.69) is 20.8 Å². The van der Waals surface area contributed by atoms with Gasteiger partial charge in [-0.05, 0) is 49.7 Å². The number of aryl methyl sites for hydroxylation is 1. The van der Waals surface area contributed by atoms with Gasteiger partial charge in [-0.3, -0.25) is 0 Å². The molecule has 1 saturated carbocycles. The van der Waals surface area contributed by atoms with Gasteiger partial charge in [0.15, 0.2) is 6.61 Å². The average Bonchev–Trinajstić information content (AvgIpc) is 2.91. The Labute approximate surface area is 142 Å². The number of carbonyl (C=O) groups is 2. The summed E-state index contributed by atoms with van der Waals surface area (Å²) in [5.74, 6) is 0.538. The zero-order valence-corrected chi connectivity index (χ0v) is 15.2. The molecule has 4 nitrogen and oxygen atoms in total. The molecule has 128 valence electrons. The molecule has 0 N–H and O–H groups in total. The molecule has 0 aromatic carbocycles. The molecule has 1 aromatic heterocycles. The molecule has 0 bridgehead atoms. The number of rotatable bonds is 5. The van der Waals surface area contributed by atoms with Gasteiger partial charge >= 0.3 is 11.9 Å². The number of thiophene rings is 1. The maximum absolute atomic E-state index is 12.0. The molecular weight excluding hydrogens is 312 g/mol. The second-order valence-electron chi connectivity index (χ2n) is 6.84. The number of hydrogen-bond acceptors (Lipinski definition) is 5. The van der Waals surface area contributed by atoms with Gasteiger partial charge in [0.25, 0.3) is 0 Å². The third kappa shape index (κ3) is 5.06. The monoisotopic (exact) mass is 338 g/mol. The van der Waals surface area contributed by atoms with Crippen molar-refractivity contribution in [2.45, 2.75) is 53.1 Å². The van der Waals surface area contributed by atoms with Crippen LogP contribution in [0.2, 0.25) is 0 Å². The van der Waals surface area contributed by atoms with Crippen molar-refractivity contribution in [3.05, 3.63) is 21.9 Å². The molecule has 0 amide bonds.